The van der Waals surface area contributed by atoms with Crippen molar-refractivity contribution in [3.05, 3.63) is 77.6 Å². The van der Waals surface area contributed by atoms with Crippen LogP contribution in [-0.4, -0.2) is 35.1 Å². The van der Waals surface area contributed by atoms with E-state index in [2.05, 4.69) is 34.1 Å². The number of fused-ring (bicyclic) bond motifs is 2. The van der Waals surface area contributed by atoms with Gasteiger partial charge in [-0.1, -0.05) is 24.3 Å². The van der Waals surface area contributed by atoms with E-state index in [0.717, 1.165) is 58.7 Å². The van der Waals surface area contributed by atoms with Gasteiger partial charge in [0.25, 0.3) is 5.91 Å². The second-order valence-electron chi connectivity index (χ2n) is 9.64. The molecular weight excluding hydrogens is 438 g/mol. The van der Waals surface area contributed by atoms with Gasteiger partial charge < -0.3 is 14.6 Å². The van der Waals surface area contributed by atoms with Crippen molar-refractivity contribution in [3.8, 4) is 0 Å². The normalized spacial score (nSPS) is 18.0. The molecule has 180 valence electrons. The minimum atomic E-state index is -0.115. The molecule has 2 heterocycles. The van der Waals surface area contributed by atoms with Crippen LogP contribution in [0.1, 0.15) is 47.3 Å². The largest absolute Gasteiger partial charge is 0.469 e. The van der Waals surface area contributed by atoms with E-state index in [-0.39, 0.29) is 17.8 Å². The van der Waals surface area contributed by atoms with Gasteiger partial charge in [-0.05, 0) is 74.4 Å². The molecule has 1 N–H and O–H groups in total. The average Bonchev–Trinajstić information content (AvgIpc) is 3.28. The molecule has 2 aromatic heterocycles. The molecule has 0 unspecified atom stereocenters. The molecule has 1 fully saturated rings. The summed E-state index contributed by atoms with van der Waals surface area (Å²) in [7, 11) is 1.45. The Morgan fingerprint density at radius 3 is 2.63 bits per heavy atom. The smallest absolute Gasteiger partial charge is 0.308 e. The second-order valence-corrected chi connectivity index (χ2v) is 9.64. The molecule has 0 radical (unpaired) electrons. The van der Waals surface area contributed by atoms with E-state index < -0.39 is 0 Å². The molecule has 1 aliphatic carbocycles. The molecule has 1 aliphatic rings. The van der Waals surface area contributed by atoms with Crippen LogP contribution in [0.2, 0.25) is 0 Å². The van der Waals surface area contributed by atoms with Gasteiger partial charge in [-0.15, -0.1) is 0 Å². The predicted octanol–water partition coefficient (Wildman–Crippen LogP) is 5.26. The van der Waals surface area contributed by atoms with Gasteiger partial charge in [0.15, 0.2) is 0 Å². The van der Waals surface area contributed by atoms with Gasteiger partial charge in [0.2, 0.25) is 0 Å². The first-order chi connectivity index (χ1) is 17.0. The minimum Gasteiger partial charge on any atom is -0.469 e. The van der Waals surface area contributed by atoms with Crippen LogP contribution in [0, 0.1) is 18.8 Å². The number of carbonyl (C=O) groups excluding carboxylic acids is 2. The third kappa shape index (κ3) is 4.92. The molecule has 1 amide bonds. The van der Waals surface area contributed by atoms with Crippen LogP contribution < -0.4 is 5.32 Å². The van der Waals surface area contributed by atoms with Crippen LogP contribution in [0.25, 0.3) is 21.8 Å². The minimum absolute atomic E-state index is 0.00431. The number of aromatic nitrogens is 2. The van der Waals surface area contributed by atoms with Gasteiger partial charge in [-0.2, -0.15) is 0 Å². The SMILES string of the molecule is COC(=O)C1CCC(CNC(=O)c2cc(C)cc3ccn(Cc4ccc5ccccc5n4)c23)CC1. The van der Waals surface area contributed by atoms with Gasteiger partial charge in [0.05, 0.1) is 41.9 Å². The van der Waals surface area contributed by atoms with Crippen molar-refractivity contribution in [2.24, 2.45) is 11.8 Å². The lowest BCUT2D eigenvalue weighted by atomic mass is 9.82. The fourth-order valence-electron chi connectivity index (χ4n) is 5.28. The zero-order valence-corrected chi connectivity index (χ0v) is 20.3. The maximum atomic E-state index is 13.3. The summed E-state index contributed by atoms with van der Waals surface area (Å²) in [6, 6.07) is 18.4. The van der Waals surface area contributed by atoms with Crippen molar-refractivity contribution in [1.82, 2.24) is 14.9 Å². The Morgan fingerprint density at radius 1 is 1.03 bits per heavy atom. The van der Waals surface area contributed by atoms with Crippen LogP contribution in [0.5, 0.6) is 0 Å². The highest BCUT2D eigenvalue weighted by Crippen LogP contribution is 2.29. The molecule has 4 aromatic rings. The van der Waals surface area contributed by atoms with Crippen molar-refractivity contribution in [2.45, 2.75) is 39.2 Å². The first kappa shape index (κ1) is 23.1. The molecule has 6 nitrogen and oxygen atoms in total. The molecule has 0 aliphatic heterocycles. The number of para-hydroxylation sites is 1. The Labute approximate surface area is 205 Å². The zero-order valence-electron chi connectivity index (χ0n) is 20.3. The maximum Gasteiger partial charge on any atom is 0.308 e. The number of nitrogens with one attached hydrogen (secondary N) is 1. The second kappa shape index (κ2) is 9.90. The number of hydrogen-bond acceptors (Lipinski definition) is 4. The standard InChI is InChI=1S/C29H31N3O3/c1-19-15-23-13-14-32(18-24-12-11-21-5-3-4-6-26(21)31-24)27(23)25(16-19)28(33)30-17-20-7-9-22(10-8-20)29(34)35-2/h3-6,11-16,20,22H,7-10,17-18H2,1-2H3,(H,30,33). The average molecular weight is 470 g/mol. The lowest BCUT2D eigenvalue weighted by Gasteiger charge is -2.27. The van der Waals surface area contributed by atoms with Crippen LogP contribution in [0.15, 0.2) is 60.8 Å². The summed E-state index contributed by atoms with van der Waals surface area (Å²) in [6.45, 7) is 3.23. The number of methoxy groups -OCH3 is 1. The Bertz CT molecular complexity index is 1380. The molecule has 2 aromatic carbocycles. The number of benzene rings is 2. The molecule has 0 saturated heterocycles. The van der Waals surface area contributed by atoms with Crippen molar-refractivity contribution >= 4 is 33.7 Å². The summed E-state index contributed by atoms with van der Waals surface area (Å²) >= 11 is 0. The van der Waals surface area contributed by atoms with Gasteiger partial charge in [-0.3, -0.25) is 14.6 Å². The highest BCUT2D eigenvalue weighted by molar-refractivity contribution is 6.06. The quantitative estimate of drug-likeness (QED) is 0.391. The van der Waals surface area contributed by atoms with Gasteiger partial charge in [-0.25, -0.2) is 0 Å². The van der Waals surface area contributed by atoms with Crippen LogP contribution in [-0.2, 0) is 16.1 Å². The number of rotatable bonds is 6. The van der Waals surface area contributed by atoms with E-state index in [9.17, 15) is 9.59 Å². The Balaban J connectivity index is 1.33. The number of esters is 1. The summed E-state index contributed by atoms with van der Waals surface area (Å²) in [5.74, 6) is 0.209. The number of carbonyl (C=O) groups is 2. The summed E-state index contributed by atoms with van der Waals surface area (Å²) in [5, 5.41) is 5.33. The number of nitrogens with zero attached hydrogens (tertiary/aromatic N) is 2. The summed E-state index contributed by atoms with van der Waals surface area (Å²) in [5.41, 5.74) is 4.60. The molecule has 5 rings (SSSR count). The summed E-state index contributed by atoms with van der Waals surface area (Å²) in [4.78, 5) is 29.9. The number of aryl methyl sites for hydroxylation is 1. The first-order valence-corrected chi connectivity index (χ1v) is 12.3. The van der Waals surface area contributed by atoms with E-state index in [1.807, 2.05) is 43.5 Å². The Kier molecular flexibility index (Phi) is 6.53. The molecule has 0 bridgehead atoms. The lowest BCUT2D eigenvalue weighted by Crippen LogP contribution is -2.33. The van der Waals surface area contributed by atoms with E-state index in [4.69, 9.17) is 9.72 Å². The van der Waals surface area contributed by atoms with Crippen LogP contribution in [0.4, 0.5) is 0 Å². The Hall–Kier alpha value is -3.67. The van der Waals surface area contributed by atoms with Crippen LogP contribution in [0.3, 0.4) is 0 Å². The molecule has 0 spiro atoms. The molecule has 0 atom stereocenters. The zero-order chi connectivity index (χ0) is 24.4. The third-order valence-electron chi connectivity index (χ3n) is 7.17. The van der Waals surface area contributed by atoms with Crippen LogP contribution >= 0.6 is 0 Å². The molecule has 6 heteroatoms. The van der Waals surface area contributed by atoms with Crippen molar-refractivity contribution in [3.63, 3.8) is 0 Å². The van der Waals surface area contributed by atoms with Crippen molar-refractivity contribution < 1.29 is 14.3 Å². The first-order valence-electron chi connectivity index (χ1n) is 12.3. The number of amides is 1. The van der Waals surface area contributed by atoms with E-state index in [0.29, 0.717) is 24.6 Å². The van der Waals surface area contributed by atoms with E-state index >= 15 is 0 Å². The number of hydrogen-bond donors (Lipinski definition) is 1. The lowest BCUT2D eigenvalue weighted by molar-refractivity contribution is -0.146. The van der Waals surface area contributed by atoms with E-state index in [1.165, 1.54) is 7.11 Å². The monoisotopic (exact) mass is 469 g/mol. The fourth-order valence-corrected chi connectivity index (χ4v) is 5.28. The van der Waals surface area contributed by atoms with Crippen molar-refractivity contribution in [1.29, 1.82) is 0 Å². The highest BCUT2D eigenvalue weighted by atomic mass is 16.5. The molecular formula is C29H31N3O3. The topological polar surface area (TPSA) is 73.2 Å². The van der Waals surface area contributed by atoms with Gasteiger partial charge in [0.1, 0.15) is 0 Å². The van der Waals surface area contributed by atoms with E-state index in [1.54, 1.807) is 0 Å². The van der Waals surface area contributed by atoms with Crippen molar-refractivity contribution in [2.75, 3.05) is 13.7 Å². The third-order valence-corrected chi connectivity index (χ3v) is 7.17. The predicted molar refractivity (Wildman–Crippen MR) is 137 cm³/mol. The van der Waals surface area contributed by atoms with Gasteiger partial charge >= 0.3 is 5.97 Å². The maximum absolute atomic E-state index is 13.3. The highest BCUT2D eigenvalue weighted by Gasteiger charge is 2.27. The Morgan fingerprint density at radius 2 is 1.83 bits per heavy atom. The fraction of sp³-hybridized carbons (Fsp3) is 0.345. The number of ether oxygens (including phenoxy) is 1. The summed E-state index contributed by atoms with van der Waals surface area (Å²) < 4.78 is 7.00. The summed E-state index contributed by atoms with van der Waals surface area (Å²) in [6.07, 6.45) is 5.53. The number of pyridine rings is 1. The molecule has 35 heavy (non-hydrogen) atoms. The van der Waals surface area contributed by atoms with Gasteiger partial charge in [0, 0.05) is 23.5 Å². The molecule has 1 saturated carbocycles.